The molecule has 5 rings (SSSR count). The van der Waals surface area contributed by atoms with Gasteiger partial charge in [0.1, 0.15) is 64.1 Å². The smallest absolute Gasteiger partial charge is 0.180 e. The van der Waals surface area contributed by atoms with Gasteiger partial charge in [-0.25, -0.2) is 18.4 Å². The molecule has 0 aliphatic carbocycles. The van der Waals surface area contributed by atoms with Crippen molar-refractivity contribution in [3.8, 4) is 11.3 Å². The zero-order chi connectivity index (χ0) is 27.7. The number of aliphatic hydroxyl groups excluding tert-OH is 2. The van der Waals surface area contributed by atoms with E-state index in [9.17, 15) is 19.0 Å². The molecule has 15 heteroatoms. The molecule has 2 N–H and O–H groups in total. The highest BCUT2D eigenvalue weighted by atomic mass is 35.5. The fourth-order valence-corrected chi connectivity index (χ4v) is 5.71. The molecule has 206 valence electrons. The lowest BCUT2D eigenvalue weighted by Crippen LogP contribution is -2.55. The van der Waals surface area contributed by atoms with E-state index in [0.717, 1.165) is 12.1 Å². The van der Waals surface area contributed by atoms with Crippen molar-refractivity contribution in [2.75, 3.05) is 6.61 Å². The van der Waals surface area contributed by atoms with E-state index in [1.807, 2.05) is 0 Å². The Morgan fingerprint density at radius 3 is 2.54 bits per heavy atom. The van der Waals surface area contributed by atoms with E-state index in [1.54, 1.807) is 18.2 Å². The number of oxazole rings is 1. The van der Waals surface area contributed by atoms with Crippen LogP contribution in [0.3, 0.4) is 0 Å². The average Bonchev–Trinajstić information content (AvgIpc) is 3.61. The second-order valence-electron chi connectivity index (χ2n) is 8.49. The maximum absolute atomic E-state index is 14.1. The van der Waals surface area contributed by atoms with Gasteiger partial charge in [0.15, 0.2) is 6.39 Å². The molecule has 3 heterocycles. The topological polar surface area (TPSA) is 116 Å². The minimum Gasteiger partial charge on any atom is -0.451 e. The van der Waals surface area contributed by atoms with Gasteiger partial charge in [-0.3, -0.25) is 0 Å². The Morgan fingerprint density at radius 1 is 1.10 bits per heavy atom. The molecule has 0 saturated carbocycles. The van der Waals surface area contributed by atoms with Gasteiger partial charge in [-0.2, -0.15) is 0 Å². The first-order valence-corrected chi connectivity index (χ1v) is 13.4. The van der Waals surface area contributed by atoms with Gasteiger partial charge in [-0.15, -0.1) is 5.10 Å². The van der Waals surface area contributed by atoms with E-state index in [2.05, 4.69) is 15.3 Å². The zero-order valence-corrected chi connectivity index (χ0v) is 22.7. The summed E-state index contributed by atoms with van der Waals surface area (Å²) in [6, 6.07) is 6.12. The molecule has 2 aromatic heterocycles. The SMILES string of the molecule is OCC1O[C@H](Sc2ccc(Cl)c(Cl)c2)C(OCc2cocn2)[C@@H](n2cc(-c3cc(F)c(Cl)c(F)c3)nn2)[C@H]1O. The predicted molar refractivity (Wildman–Crippen MR) is 139 cm³/mol. The quantitative estimate of drug-likeness (QED) is 0.258. The Hall–Kier alpha value is -2.29. The Kier molecular flexibility index (Phi) is 8.74. The molecule has 0 radical (unpaired) electrons. The maximum atomic E-state index is 14.1. The fraction of sp³-hybridized carbons (Fsp3) is 0.292. The monoisotopic (exact) mass is 618 g/mol. The third-order valence-electron chi connectivity index (χ3n) is 5.97. The van der Waals surface area contributed by atoms with Crippen LogP contribution in [0.4, 0.5) is 8.78 Å². The summed E-state index contributed by atoms with van der Waals surface area (Å²) in [6.45, 7) is -0.521. The van der Waals surface area contributed by atoms with Crippen molar-refractivity contribution < 1.29 is 32.9 Å². The van der Waals surface area contributed by atoms with E-state index in [-0.39, 0.29) is 17.9 Å². The van der Waals surface area contributed by atoms with Crippen molar-refractivity contribution in [2.45, 2.75) is 41.3 Å². The first-order chi connectivity index (χ1) is 18.7. The molecule has 5 atom stereocenters. The van der Waals surface area contributed by atoms with Crippen molar-refractivity contribution in [1.82, 2.24) is 20.0 Å². The molecule has 1 aliphatic rings. The van der Waals surface area contributed by atoms with Gasteiger partial charge in [0, 0.05) is 10.5 Å². The maximum Gasteiger partial charge on any atom is 0.180 e. The standard InChI is InChI=1S/C24H19Cl3F2N4O5S/c25-14-2-1-13(5-15(14)26)39-24-23(37-9-12-8-36-10-30-12)21(22(35)19(7-34)38-24)33-6-18(31-32-33)11-3-16(28)20(27)17(29)4-11/h1-6,8,10,19,21-24,34-35H,7,9H2/t19?,21-,22-,23?,24+/m0/s1. The van der Waals surface area contributed by atoms with Gasteiger partial charge in [0.05, 0.1) is 29.5 Å². The molecule has 2 unspecified atom stereocenters. The van der Waals surface area contributed by atoms with Crippen LogP contribution in [0.5, 0.6) is 0 Å². The lowest BCUT2D eigenvalue weighted by molar-refractivity contribution is -0.196. The van der Waals surface area contributed by atoms with Crippen molar-refractivity contribution in [3.63, 3.8) is 0 Å². The summed E-state index contributed by atoms with van der Waals surface area (Å²) >= 11 is 19.1. The third-order valence-corrected chi connectivity index (χ3v) is 8.21. The predicted octanol–water partition coefficient (Wildman–Crippen LogP) is 5.17. The largest absolute Gasteiger partial charge is 0.451 e. The number of aromatic nitrogens is 4. The number of aliphatic hydroxyl groups is 2. The van der Waals surface area contributed by atoms with E-state index in [1.165, 1.54) is 35.3 Å². The molecule has 0 bridgehead atoms. The Bertz CT molecular complexity index is 1420. The van der Waals surface area contributed by atoms with Crippen LogP contribution in [0, 0.1) is 11.6 Å². The van der Waals surface area contributed by atoms with Crippen LogP contribution in [0.2, 0.25) is 15.1 Å². The van der Waals surface area contributed by atoms with Crippen molar-refractivity contribution in [2.24, 2.45) is 0 Å². The van der Waals surface area contributed by atoms with E-state index < -0.39 is 53.1 Å². The Balaban J connectivity index is 1.51. The number of nitrogens with zero attached hydrogens (tertiary/aromatic N) is 4. The number of halogens is 5. The molecule has 2 aromatic carbocycles. The number of rotatable bonds is 8. The van der Waals surface area contributed by atoms with Crippen LogP contribution >= 0.6 is 46.6 Å². The second-order valence-corrected chi connectivity index (χ2v) is 10.9. The first-order valence-electron chi connectivity index (χ1n) is 11.4. The van der Waals surface area contributed by atoms with Crippen molar-refractivity contribution in [1.29, 1.82) is 0 Å². The van der Waals surface area contributed by atoms with Crippen LogP contribution in [-0.2, 0) is 16.1 Å². The third kappa shape index (κ3) is 6.08. The summed E-state index contributed by atoms with van der Waals surface area (Å²) in [7, 11) is 0. The minimum absolute atomic E-state index is 0.00880. The van der Waals surface area contributed by atoms with E-state index in [4.69, 9.17) is 48.7 Å². The number of benzene rings is 2. The highest BCUT2D eigenvalue weighted by Gasteiger charge is 2.48. The normalized spacial score (nSPS) is 23.3. The van der Waals surface area contributed by atoms with Crippen LogP contribution in [0.15, 0.2) is 58.5 Å². The Labute approximate surface area is 239 Å². The van der Waals surface area contributed by atoms with Crippen molar-refractivity contribution in [3.05, 3.63) is 81.6 Å². The summed E-state index contributed by atoms with van der Waals surface area (Å²) in [5, 5.41) is 29.4. The molecule has 9 nitrogen and oxygen atoms in total. The van der Waals surface area contributed by atoms with Crippen molar-refractivity contribution >= 4 is 46.6 Å². The minimum atomic E-state index is -1.31. The molecule has 4 aromatic rings. The number of hydrogen-bond acceptors (Lipinski definition) is 9. The van der Waals surface area contributed by atoms with Gasteiger partial charge in [0.2, 0.25) is 0 Å². The van der Waals surface area contributed by atoms with Crippen LogP contribution in [0.1, 0.15) is 11.7 Å². The van der Waals surface area contributed by atoms with Crippen LogP contribution in [-0.4, -0.2) is 60.5 Å². The highest BCUT2D eigenvalue weighted by Crippen LogP contribution is 2.41. The number of hydrogen-bond donors (Lipinski definition) is 2. The molecule has 0 amide bonds. The molecule has 0 spiro atoms. The zero-order valence-electron chi connectivity index (χ0n) is 19.6. The lowest BCUT2D eigenvalue weighted by atomic mass is 9.97. The fourth-order valence-electron chi connectivity index (χ4n) is 4.07. The summed E-state index contributed by atoms with van der Waals surface area (Å²) in [6.07, 6.45) is 0.830. The summed E-state index contributed by atoms with van der Waals surface area (Å²) in [4.78, 5) is 4.74. The Morgan fingerprint density at radius 2 is 1.87 bits per heavy atom. The summed E-state index contributed by atoms with van der Waals surface area (Å²) < 4.78 is 46.7. The molecule has 1 aliphatic heterocycles. The van der Waals surface area contributed by atoms with Gasteiger partial charge >= 0.3 is 0 Å². The van der Waals surface area contributed by atoms with Gasteiger partial charge in [-0.1, -0.05) is 51.8 Å². The average molecular weight is 620 g/mol. The second kappa shape index (κ2) is 12.1. The van der Waals surface area contributed by atoms with Gasteiger partial charge in [-0.05, 0) is 30.3 Å². The van der Waals surface area contributed by atoms with E-state index in [0.29, 0.717) is 20.6 Å². The lowest BCUT2D eigenvalue weighted by Gasteiger charge is -2.43. The molecule has 39 heavy (non-hydrogen) atoms. The first kappa shape index (κ1) is 28.2. The van der Waals surface area contributed by atoms with Crippen LogP contribution in [0.25, 0.3) is 11.3 Å². The number of thioether (sulfide) groups is 1. The summed E-state index contributed by atoms with van der Waals surface area (Å²) in [5.41, 5.74) is -0.106. The van der Waals surface area contributed by atoms with Gasteiger partial charge in [0.25, 0.3) is 0 Å². The molecule has 1 saturated heterocycles. The molecule has 1 fully saturated rings. The highest BCUT2D eigenvalue weighted by molar-refractivity contribution is 7.99. The van der Waals surface area contributed by atoms with Gasteiger partial charge < -0.3 is 24.1 Å². The number of ether oxygens (including phenoxy) is 2. The molecular formula is C24H19Cl3F2N4O5S. The summed E-state index contributed by atoms with van der Waals surface area (Å²) in [5.74, 6) is -1.92. The van der Waals surface area contributed by atoms with E-state index >= 15 is 0 Å². The molecular weight excluding hydrogens is 601 g/mol. The van der Waals surface area contributed by atoms with Crippen LogP contribution < -0.4 is 0 Å².